The standard InChI is InChI=1S/C14H28N2O2/c1-11-6-8-14(18,9-7-11)10-16-13(17)5-3-4-12(2)15/h11-12,18H,3-10,15H2,1-2H3,(H,16,17). The van der Waals surface area contributed by atoms with E-state index < -0.39 is 5.60 Å². The van der Waals surface area contributed by atoms with Crippen molar-refractivity contribution in [2.75, 3.05) is 6.54 Å². The minimum atomic E-state index is -0.677. The Morgan fingerprint density at radius 2 is 2.11 bits per heavy atom. The average molecular weight is 256 g/mol. The lowest BCUT2D eigenvalue weighted by molar-refractivity contribution is -0.123. The molecule has 0 aliphatic heterocycles. The monoisotopic (exact) mass is 256 g/mol. The molecule has 4 heteroatoms. The molecule has 4 nitrogen and oxygen atoms in total. The second-order valence-corrected chi connectivity index (χ2v) is 6.05. The van der Waals surface area contributed by atoms with Crippen LogP contribution in [0, 0.1) is 5.92 Å². The predicted octanol–water partition coefficient (Wildman–Crippen LogP) is 1.56. The molecule has 1 unspecified atom stereocenters. The molecule has 0 spiro atoms. The third-order valence-corrected chi connectivity index (χ3v) is 3.88. The van der Waals surface area contributed by atoms with Crippen LogP contribution in [-0.4, -0.2) is 29.2 Å². The molecule has 0 aromatic heterocycles. The van der Waals surface area contributed by atoms with Crippen molar-refractivity contribution < 1.29 is 9.90 Å². The summed E-state index contributed by atoms with van der Waals surface area (Å²) >= 11 is 0. The number of aliphatic hydroxyl groups is 1. The van der Waals surface area contributed by atoms with Crippen molar-refractivity contribution in [1.29, 1.82) is 0 Å². The van der Waals surface area contributed by atoms with Crippen molar-refractivity contribution in [3.63, 3.8) is 0 Å². The van der Waals surface area contributed by atoms with E-state index in [1.54, 1.807) is 0 Å². The Bertz CT molecular complexity index is 259. The van der Waals surface area contributed by atoms with Crippen LogP contribution >= 0.6 is 0 Å². The Balaban J connectivity index is 2.17. The molecule has 1 aliphatic carbocycles. The van der Waals surface area contributed by atoms with E-state index in [0.717, 1.165) is 38.5 Å². The zero-order valence-electron chi connectivity index (χ0n) is 11.7. The molecule has 0 saturated heterocycles. The maximum Gasteiger partial charge on any atom is 0.220 e. The molecule has 0 aromatic carbocycles. The molecule has 18 heavy (non-hydrogen) atoms. The van der Waals surface area contributed by atoms with Gasteiger partial charge in [-0.15, -0.1) is 0 Å². The smallest absolute Gasteiger partial charge is 0.220 e. The number of carbonyl (C=O) groups is 1. The highest BCUT2D eigenvalue weighted by atomic mass is 16.3. The largest absolute Gasteiger partial charge is 0.388 e. The van der Waals surface area contributed by atoms with Crippen molar-refractivity contribution in [2.45, 2.75) is 70.4 Å². The van der Waals surface area contributed by atoms with Gasteiger partial charge in [-0.1, -0.05) is 6.92 Å². The second kappa shape index (κ2) is 7.10. The maximum absolute atomic E-state index is 11.6. The summed E-state index contributed by atoms with van der Waals surface area (Å²) in [6.07, 6.45) is 5.90. The van der Waals surface area contributed by atoms with E-state index in [9.17, 15) is 9.90 Å². The molecule has 1 saturated carbocycles. The van der Waals surface area contributed by atoms with Crippen LogP contribution in [-0.2, 0) is 4.79 Å². The van der Waals surface area contributed by atoms with Gasteiger partial charge < -0.3 is 16.2 Å². The fraction of sp³-hybridized carbons (Fsp3) is 0.929. The minimum absolute atomic E-state index is 0.0303. The second-order valence-electron chi connectivity index (χ2n) is 6.05. The molecule has 1 atom stereocenters. The molecular weight excluding hydrogens is 228 g/mol. The Morgan fingerprint density at radius 3 is 2.67 bits per heavy atom. The molecule has 4 N–H and O–H groups in total. The first-order valence-electron chi connectivity index (χ1n) is 7.16. The summed E-state index contributed by atoms with van der Waals surface area (Å²) in [4.78, 5) is 11.6. The lowest BCUT2D eigenvalue weighted by Crippen LogP contribution is -2.45. The van der Waals surface area contributed by atoms with Crippen molar-refractivity contribution >= 4 is 5.91 Å². The van der Waals surface area contributed by atoms with Gasteiger partial charge in [0.2, 0.25) is 5.91 Å². The fourth-order valence-corrected chi connectivity index (χ4v) is 2.41. The molecule has 1 fully saturated rings. The Labute approximate surface area is 110 Å². The number of carbonyl (C=O) groups excluding carboxylic acids is 1. The van der Waals surface area contributed by atoms with E-state index >= 15 is 0 Å². The molecule has 106 valence electrons. The highest BCUT2D eigenvalue weighted by Gasteiger charge is 2.31. The van der Waals surface area contributed by atoms with Gasteiger partial charge in [-0.05, 0) is 51.4 Å². The topological polar surface area (TPSA) is 75.4 Å². The van der Waals surface area contributed by atoms with Gasteiger partial charge in [0.25, 0.3) is 0 Å². The molecule has 0 radical (unpaired) electrons. The van der Waals surface area contributed by atoms with Crippen LogP contribution in [0.15, 0.2) is 0 Å². The zero-order chi connectivity index (χ0) is 13.6. The van der Waals surface area contributed by atoms with E-state index in [4.69, 9.17) is 5.73 Å². The first kappa shape index (κ1) is 15.4. The summed E-state index contributed by atoms with van der Waals surface area (Å²) in [5.74, 6) is 0.731. The van der Waals surface area contributed by atoms with Gasteiger partial charge >= 0.3 is 0 Å². The normalized spacial score (nSPS) is 29.9. The highest BCUT2D eigenvalue weighted by Crippen LogP contribution is 2.31. The molecule has 1 rings (SSSR count). The first-order chi connectivity index (χ1) is 8.41. The van der Waals surface area contributed by atoms with Crippen LogP contribution < -0.4 is 11.1 Å². The summed E-state index contributed by atoms with van der Waals surface area (Å²) in [5.41, 5.74) is 4.95. The number of nitrogens with one attached hydrogen (secondary N) is 1. The average Bonchev–Trinajstić information content (AvgIpc) is 2.31. The van der Waals surface area contributed by atoms with Crippen LogP contribution in [0.1, 0.15) is 58.8 Å². The van der Waals surface area contributed by atoms with E-state index in [1.807, 2.05) is 6.92 Å². The Hall–Kier alpha value is -0.610. The molecule has 0 aromatic rings. The van der Waals surface area contributed by atoms with Crippen LogP contribution in [0.5, 0.6) is 0 Å². The molecule has 1 aliphatic rings. The molecule has 0 bridgehead atoms. The number of hydrogen-bond donors (Lipinski definition) is 3. The Morgan fingerprint density at radius 1 is 1.50 bits per heavy atom. The lowest BCUT2D eigenvalue weighted by Gasteiger charge is -2.34. The van der Waals surface area contributed by atoms with E-state index in [-0.39, 0.29) is 11.9 Å². The summed E-state index contributed by atoms with van der Waals surface area (Å²) in [6.45, 7) is 4.56. The summed E-state index contributed by atoms with van der Waals surface area (Å²) in [7, 11) is 0. The lowest BCUT2D eigenvalue weighted by atomic mass is 9.79. The maximum atomic E-state index is 11.6. The molecule has 1 amide bonds. The highest BCUT2D eigenvalue weighted by molar-refractivity contribution is 5.75. The first-order valence-corrected chi connectivity index (χ1v) is 7.16. The number of rotatable bonds is 6. The van der Waals surface area contributed by atoms with Gasteiger partial charge in [0.1, 0.15) is 0 Å². The van der Waals surface area contributed by atoms with Crippen molar-refractivity contribution in [1.82, 2.24) is 5.32 Å². The van der Waals surface area contributed by atoms with Crippen molar-refractivity contribution in [2.24, 2.45) is 11.7 Å². The number of hydrogen-bond acceptors (Lipinski definition) is 3. The van der Waals surface area contributed by atoms with Gasteiger partial charge in [0.15, 0.2) is 0 Å². The van der Waals surface area contributed by atoms with Crippen molar-refractivity contribution in [3.05, 3.63) is 0 Å². The van der Waals surface area contributed by atoms with Gasteiger partial charge in [0, 0.05) is 19.0 Å². The van der Waals surface area contributed by atoms with Gasteiger partial charge in [-0.3, -0.25) is 4.79 Å². The number of amides is 1. The van der Waals surface area contributed by atoms with Crippen molar-refractivity contribution in [3.8, 4) is 0 Å². The van der Waals surface area contributed by atoms with Crippen LogP contribution in [0.4, 0.5) is 0 Å². The fourth-order valence-electron chi connectivity index (χ4n) is 2.41. The Kier molecular flexibility index (Phi) is 6.09. The zero-order valence-corrected chi connectivity index (χ0v) is 11.7. The third kappa shape index (κ3) is 5.83. The third-order valence-electron chi connectivity index (χ3n) is 3.88. The number of nitrogens with two attached hydrogens (primary N) is 1. The quantitative estimate of drug-likeness (QED) is 0.675. The van der Waals surface area contributed by atoms with E-state index in [2.05, 4.69) is 12.2 Å². The predicted molar refractivity (Wildman–Crippen MR) is 73.1 cm³/mol. The summed E-state index contributed by atoms with van der Waals surface area (Å²) < 4.78 is 0. The van der Waals surface area contributed by atoms with Gasteiger partial charge in [-0.25, -0.2) is 0 Å². The van der Waals surface area contributed by atoms with E-state index in [1.165, 1.54) is 0 Å². The van der Waals surface area contributed by atoms with Gasteiger partial charge in [-0.2, -0.15) is 0 Å². The van der Waals surface area contributed by atoms with Crippen LogP contribution in [0.3, 0.4) is 0 Å². The van der Waals surface area contributed by atoms with Crippen LogP contribution in [0.2, 0.25) is 0 Å². The summed E-state index contributed by atoms with van der Waals surface area (Å²) in [5, 5.41) is 13.2. The van der Waals surface area contributed by atoms with E-state index in [0.29, 0.717) is 18.9 Å². The van der Waals surface area contributed by atoms with Gasteiger partial charge in [0.05, 0.1) is 5.60 Å². The SMILES string of the molecule is CC(N)CCCC(=O)NCC1(O)CCC(C)CC1. The molecule has 0 heterocycles. The summed E-state index contributed by atoms with van der Waals surface area (Å²) in [6, 6.07) is 0.154. The molecular formula is C14H28N2O2. The minimum Gasteiger partial charge on any atom is -0.388 e. The van der Waals surface area contributed by atoms with Crippen LogP contribution in [0.25, 0.3) is 0 Å².